The van der Waals surface area contributed by atoms with Gasteiger partial charge >= 0.3 is 12.0 Å². The lowest BCUT2D eigenvalue weighted by atomic mass is 10.1. The average Bonchev–Trinajstić information content (AvgIpc) is 2.86. The fourth-order valence-corrected chi connectivity index (χ4v) is 2.77. The molecule has 114 valence electrons. The Morgan fingerprint density at radius 1 is 1.48 bits per heavy atom. The summed E-state index contributed by atoms with van der Waals surface area (Å²) in [6.45, 7) is 2.65. The van der Waals surface area contributed by atoms with Crippen molar-refractivity contribution in [2.24, 2.45) is 0 Å². The zero-order chi connectivity index (χ0) is 15.4. The summed E-state index contributed by atoms with van der Waals surface area (Å²) in [6, 6.07) is 6.19. The molecule has 2 unspecified atom stereocenters. The summed E-state index contributed by atoms with van der Waals surface area (Å²) in [7, 11) is 0. The number of anilines is 1. The van der Waals surface area contributed by atoms with Crippen molar-refractivity contribution in [3.63, 3.8) is 0 Å². The van der Waals surface area contributed by atoms with E-state index in [1.807, 2.05) is 24.5 Å². The van der Waals surface area contributed by atoms with E-state index in [0.29, 0.717) is 23.9 Å². The summed E-state index contributed by atoms with van der Waals surface area (Å²) in [5.74, 6) is -0.973. The number of carboxylic acids is 1. The highest BCUT2D eigenvalue weighted by Gasteiger charge is 2.38. The van der Waals surface area contributed by atoms with E-state index in [1.165, 1.54) is 4.90 Å². The molecule has 0 bridgehead atoms. The molecule has 0 spiro atoms. The van der Waals surface area contributed by atoms with Gasteiger partial charge in [0, 0.05) is 23.9 Å². The number of carbonyl (C=O) groups is 2. The van der Waals surface area contributed by atoms with Gasteiger partial charge in [-0.2, -0.15) is 11.8 Å². The predicted octanol–water partition coefficient (Wildman–Crippen LogP) is 2.35. The summed E-state index contributed by atoms with van der Waals surface area (Å²) in [4.78, 5) is 25.1. The first-order chi connectivity index (χ1) is 10.0. The first-order valence-electron chi connectivity index (χ1n) is 6.95. The van der Waals surface area contributed by atoms with Crippen molar-refractivity contribution in [1.29, 1.82) is 0 Å². The number of carboxylic acid groups (broad SMARTS) is 1. The van der Waals surface area contributed by atoms with Gasteiger partial charge in [-0.05, 0) is 24.3 Å². The maximum Gasteiger partial charge on any atom is 0.327 e. The fraction of sp³-hybridized carbons (Fsp3) is 0.467. The van der Waals surface area contributed by atoms with Crippen molar-refractivity contribution < 1.29 is 14.7 Å². The van der Waals surface area contributed by atoms with Crippen molar-refractivity contribution in [1.82, 2.24) is 5.32 Å². The van der Waals surface area contributed by atoms with E-state index in [-0.39, 0.29) is 6.03 Å². The third kappa shape index (κ3) is 3.50. The Kier molecular flexibility index (Phi) is 5.12. The van der Waals surface area contributed by atoms with Crippen LogP contribution in [0.3, 0.4) is 0 Å². The van der Waals surface area contributed by atoms with Crippen LogP contribution in [0.15, 0.2) is 24.3 Å². The van der Waals surface area contributed by atoms with Crippen LogP contribution in [0.5, 0.6) is 0 Å². The molecule has 0 aliphatic carbocycles. The van der Waals surface area contributed by atoms with E-state index in [9.17, 15) is 14.7 Å². The number of benzene rings is 1. The Morgan fingerprint density at radius 3 is 2.86 bits per heavy atom. The van der Waals surface area contributed by atoms with Gasteiger partial charge in [0.05, 0.1) is 0 Å². The largest absolute Gasteiger partial charge is 0.480 e. The number of thioether (sulfide) groups is 1. The molecule has 21 heavy (non-hydrogen) atoms. The standard InChI is InChI=1S/C15H20N2O3S/c1-10(21-2)7-8-16-15(20)17-12-6-4-3-5-11(12)9-13(17)14(18)19/h3-6,10,13H,7-9H2,1-2H3,(H,16,20)(H,18,19). The van der Waals surface area contributed by atoms with Crippen LogP contribution in [0.2, 0.25) is 0 Å². The molecule has 0 saturated heterocycles. The van der Waals surface area contributed by atoms with Crippen LogP contribution in [0.4, 0.5) is 10.5 Å². The Bertz CT molecular complexity index is 535. The monoisotopic (exact) mass is 308 g/mol. The zero-order valence-electron chi connectivity index (χ0n) is 12.2. The molecule has 0 radical (unpaired) electrons. The molecule has 0 fully saturated rings. The Labute approximate surface area is 128 Å². The highest BCUT2D eigenvalue weighted by molar-refractivity contribution is 7.99. The Balaban J connectivity index is 2.08. The lowest BCUT2D eigenvalue weighted by molar-refractivity contribution is -0.138. The minimum atomic E-state index is -0.973. The molecular weight excluding hydrogens is 288 g/mol. The second kappa shape index (κ2) is 6.85. The van der Waals surface area contributed by atoms with Gasteiger partial charge in [-0.3, -0.25) is 4.90 Å². The lowest BCUT2D eigenvalue weighted by Gasteiger charge is -2.23. The highest BCUT2D eigenvalue weighted by atomic mass is 32.2. The molecule has 2 atom stereocenters. The number of hydrogen-bond acceptors (Lipinski definition) is 3. The van der Waals surface area contributed by atoms with Crippen LogP contribution < -0.4 is 10.2 Å². The Hall–Kier alpha value is -1.69. The van der Waals surface area contributed by atoms with E-state index >= 15 is 0 Å². The van der Waals surface area contributed by atoms with Gasteiger partial charge in [0.25, 0.3) is 0 Å². The summed E-state index contributed by atoms with van der Waals surface area (Å²) in [5.41, 5.74) is 1.60. The molecule has 1 heterocycles. The molecule has 2 rings (SSSR count). The number of para-hydroxylation sites is 1. The lowest BCUT2D eigenvalue weighted by Crippen LogP contribution is -2.48. The first kappa shape index (κ1) is 15.7. The molecule has 1 aliphatic rings. The normalized spacial score (nSPS) is 18.2. The van der Waals surface area contributed by atoms with E-state index in [2.05, 4.69) is 12.2 Å². The molecule has 0 aromatic heterocycles. The van der Waals surface area contributed by atoms with Crippen LogP contribution in [-0.2, 0) is 11.2 Å². The molecule has 1 aromatic rings. The van der Waals surface area contributed by atoms with Crippen LogP contribution >= 0.6 is 11.8 Å². The van der Waals surface area contributed by atoms with Crippen LogP contribution in [-0.4, -0.2) is 41.2 Å². The number of carbonyl (C=O) groups excluding carboxylic acids is 1. The molecule has 0 saturated carbocycles. The number of nitrogens with one attached hydrogen (secondary N) is 1. The van der Waals surface area contributed by atoms with Gasteiger partial charge in [0.15, 0.2) is 0 Å². The second-order valence-electron chi connectivity index (χ2n) is 5.12. The van der Waals surface area contributed by atoms with Crippen molar-refractivity contribution in [2.45, 2.75) is 31.1 Å². The molecule has 5 nitrogen and oxygen atoms in total. The summed E-state index contributed by atoms with van der Waals surface area (Å²) < 4.78 is 0. The van der Waals surface area contributed by atoms with E-state index in [4.69, 9.17) is 0 Å². The van der Waals surface area contributed by atoms with Crippen LogP contribution in [0.25, 0.3) is 0 Å². The smallest absolute Gasteiger partial charge is 0.327 e. The Morgan fingerprint density at radius 2 is 2.19 bits per heavy atom. The van der Waals surface area contributed by atoms with Gasteiger partial charge in [0.1, 0.15) is 6.04 Å². The number of rotatable bonds is 5. The van der Waals surface area contributed by atoms with E-state index in [1.54, 1.807) is 17.8 Å². The predicted molar refractivity (Wildman–Crippen MR) is 85.0 cm³/mol. The van der Waals surface area contributed by atoms with Crippen molar-refractivity contribution >= 4 is 29.4 Å². The second-order valence-corrected chi connectivity index (χ2v) is 6.40. The minimum Gasteiger partial charge on any atom is -0.480 e. The molecule has 1 aromatic carbocycles. The van der Waals surface area contributed by atoms with Gasteiger partial charge in [-0.1, -0.05) is 25.1 Å². The van der Waals surface area contributed by atoms with E-state index < -0.39 is 12.0 Å². The number of amides is 2. The van der Waals surface area contributed by atoms with Crippen molar-refractivity contribution in [3.05, 3.63) is 29.8 Å². The number of aliphatic carboxylic acids is 1. The number of fused-ring (bicyclic) bond motifs is 1. The topological polar surface area (TPSA) is 69.6 Å². The third-order valence-electron chi connectivity index (χ3n) is 3.71. The quantitative estimate of drug-likeness (QED) is 0.876. The first-order valence-corrected chi connectivity index (χ1v) is 8.24. The van der Waals surface area contributed by atoms with Crippen LogP contribution in [0.1, 0.15) is 18.9 Å². The van der Waals surface area contributed by atoms with E-state index in [0.717, 1.165) is 12.0 Å². The summed E-state index contributed by atoms with van der Waals surface area (Å²) >= 11 is 1.74. The van der Waals surface area contributed by atoms with Gasteiger partial charge < -0.3 is 10.4 Å². The maximum absolute atomic E-state index is 12.3. The number of nitrogens with zero attached hydrogens (tertiary/aromatic N) is 1. The van der Waals surface area contributed by atoms with Crippen molar-refractivity contribution in [3.8, 4) is 0 Å². The number of hydrogen-bond donors (Lipinski definition) is 2. The number of urea groups is 1. The molecule has 2 amide bonds. The molecule has 1 aliphatic heterocycles. The SMILES string of the molecule is CSC(C)CCNC(=O)N1c2ccccc2CC1C(=O)O. The average molecular weight is 308 g/mol. The minimum absolute atomic E-state index is 0.333. The maximum atomic E-state index is 12.3. The van der Waals surface area contributed by atoms with Gasteiger partial charge in [-0.25, -0.2) is 9.59 Å². The van der Waals surface area contributed by atoms with Crippen LogP contribution in [0, 0.1) is 0 Å². The highest BCUT2D eigenvalue weighted by Crippen LogP contribution is 2.32. The van der Waals surface area contributed by atoms with Gasteiger partial charge in [0.2, 0.25) is 0 Å². The van der Waals surface area contributed by atoms with Gasteiger partial charge in [-0.15, -0.1) is 0 Å². The third-order valence-corrected chi connectivity index (χ3v) is 4.75. The molecule has 2 N–H and O–H groups in total. The molecule has 6 heteroatoms. The summed E-state index contributed by atoms with van der Waals surface area (Å²) in [5, 5.41) is 12.6. The fourth-order valence-electron chi connectivity index (χ4n) is 2.42. The van der Waals surface area contributed by atoms with Crippen molar-refractivity contribution in [2.75, 3.05) is 17.7 Å². The zero-order valence-corrected chi connectivity index (χ0v) is 13.0. The summed E-state index contributed by atoms with van der Waals surface area (Å²) in [6.07, 6.45) is 3.25. The molecular formula is C15H20N2O3S.